The molecule has 0 saturated heterocycles. The highest BCUT2D eigenvalue weighted by atomic mass is 16.5. The SMILES string of the molecule is CN(C)Cc1cc(C(O)C2Oc3ccccc3NC2=O)cc(C(C)(C)C)c1O. The first kappa shape index (κ1) is 20.2. The van der Waals surface area contributed by atoms with Gasteiger partial charge in [-0.3, -0.25) is 4.79 Å². The highest BCUT2D eigenvalue weighted by molar-refractivity contribution is 5.98. The molecular formula is C22H28N2O4. The maximum absolute atomic E-state index is 12.5. The largest absolute Gasteiger partial charge is 0.507 e. The summed E-state index contributed by atoms with van der Waals surface area (Å²) in [6.45, 7) is 6.50. The van der Waals surface area contributed by atoms with Gasteiger partial charge in [-0.2, -0.15) is 0 Å². The molecule has 6 heteroatoms. The molecule has 28 heavy (non-hydrogen) atoms. The van der Waals surface area contributed by atoms with Crippen LogP contribution in [0.5, 0.6) is 11.5 Å². The van der Waals surface area contributed by atoms with Crippen LogP contribution in [0.1, 0.15) is 43.6 Å². The number of hydrogen-bond acceptors (Lipinski definition) is 5. The van der Waals surface area contributed by atoms with Gasteiger partial charge >= 0.3 is 0 Å². The quantitative estimate of drug-likeness (QED) is 0.754. The summed E-state index contributed by atoms with van der Waals surface area (Å²) < 4.78 is 5.80. The first-order chi connectivity index (χ1) is 13.1. The number of ether oxygens (including phenoxy) is 1. The van der Waals surface area contributed by atoms with Crippen molar-refractivity contribution < 1.29 is 19.7 Å². The highest BCUT2D eigenvalue weighted by Gasteiger charge is 2.36. The van der Waals surface area contributed by atoms with Crippen molar-refractivity contribution in [2.75, 3.05) is 19.4 Å². The van der Waals surface area contributed by atoms with Gasteiger partial charge in [0.1, 0.15) is 17.6 Å². The van der Waals surface area contributed by atoms with Crippen LogP contribution in [0.15, 0.2) is 36.4 Å². The van der Waals surface area contributed by atoms with E-state index in [0.717, 1.165) is 5.56 Å². The highest BCUT2D eigenvalue weighted by Crippen LogP contribution is 2.38. The van der Waals surface area contributed by atoms with Gasteiger partial charge in [-0.05, 0) is 54.9 Å². The van der Waals surface area contributed by atoms with E-state index in [9.17, 15) is 15.0 Å². The summed E-state index contributed by atoms with van der Waals surface area (Å²) in [6.07, 6.45) is -2.24. The van der Waals surface area contributed by atoms with Crippen LogP contribution in [0.25, 0.3) is 0 Å². The Hall–Kier alpha value is -2.57. The van der Waals surface area contributed by atoms with E-state index < -0.39 is 18.1 Å². The molecule has 3 N–H and O–H groups in total. The molecule has 0 radical (unpaired) electrons. The Morgan fingerprint density at radius 2 is 1.89 bits per heavy atom. The predicted molar refractivity (Wildman–Crippen MR) is 109 cm³/mol. The number of rotatable bonds is 4. The lowest BCUT2D eigenvalue weighted by Gasteiger charge is -2.30. The van der Waals surface area contributed by atoms with E-state index in [2.05, 4.69) is 5.32 Å². The summed E-state index contributed by atoms with van der Waals surface area (Å²) in [4.78, 5) is 14.5. The number of anilines is 1. The van der Waals surface area contributed by atoms with Crippen LogP contribution < -0.4 is 10.1 Å². The van der Waals surface area contributed by atoms with Gasteiger partial charge in [-0.1, -0.05) is 32.9 Å². The van der Waals surface area contributed by atoms with Crippen LogP contribution in [0, 0.1) is 0 Å². The van der Waals surface area contributed by atoms with Crippen molar-refractivity contribution in [3.8, 4) is 11.5 Å². The van der Waals surface area contributed by atoms with Crippen LogP contribution >= 0.6 is 0 Å². The van der Waals surface area contributed by atoms with Gasteiger partial charge in [0.05, 0.1) is 5.69 Å². The molecule has 1 aliphatic rings. The zero-order valence-electron chi connectivity index (χ0n) is 17.0. The summed E-state index contributed by atoms with van der Waals surface area (Å²) in [5, 5.41) is 24.5. The average molecular weight is 384 g/mol. The van der Waals surface area contributed by atoms with Crippen molar-refractivity contribution >= 4 is 11.6 Å². The third-order valence-electron chi connectivity index (χ3n) is 4.79. The Labute approximate surface area is 165 Å². The minimum absolute atomic E-state index is 0.219. The van der Waals surface area contributed by atoms with Gasteiger partial charge in [-0.25, -0.2) is 0 Å². The Bertz CT molecular complexity index is 887. The number of fused-ring (bicyclic) bond motifs is 1. The zero-order valence-corrected chi connectivity index (χ0v) is 17.0. The lowest BCUT2D eigenvalue weighted by molar-refractivity contribution is -0.128. The van der Waals surface area contributed by atoms with E-state index >= 15 is 0 Å². The molecule has 2 atom stereocenters. The average Bonchev–Trinajstić information content (AvgIpc) is 2.60. The fourth-order valence-electron chi connectivity index (χ4n) is 3.37. The topological polar surface area (TPSA) is 82.0 Å². The van der Waals surface area contributed by atoms with Crippen molar-refractivity contribution in [1.82, 2.24) is 4.90 Å². The second-order valence-corrected chi connectivity index (χ2v) is 8.53. The Morgan fingerprint density at radius 1 is 1.21 bits per heavy atom. The monoisotopic (exact) mass is 384 g/mol. The van der Waals surface area contributed by atoms with Gasteiger partial charge in [0.2, 0.25) is 6.10 Å². The Balaban J connectivity index is 2.01. The Kier molecular flexibility index (Phi) is 5.37. The maximum atomic E-state index is 12.5. The summed E-state index contributed by atoms with van der Waals surface area (Å²) in [7, 11) is 3.82. The fraction of sp³-hybridized carbons (Fsp3) is 0.409. The number of carbonyl (C=O) groups excluding carboxylic acids is 1. The van der Waals surface area contributed by atoms with E-state index in [-0.39, 0.29) is 11.2 Å². The smallest absolute Gasteiger partial charge is 0.268 e. The second kappa shape index (κ2) is 7.45. The molecule has 0 aliphatic carbocycles. The van der Waals surface area contributed by atoms with Crippen molar-refractivity contribution in [2.45, 2.75) is 44.9 Å². The van der Waals surface area contributed by atoms with Crippen LogP contribution in [0.2, 0.25) is 0 Å². The zero-order chi connectivity index (χ0) is 20.6. The summed E-state index contributed by atoms with van der Waals surface area (Å²) >= 11 is 0. The number of phenolic OH excluding ortho intramolecular Hbond substituents is 1. The van der Waals surface area contributed by atoms with Gasteiger partial charge < -0.3 is 25.2 Å². The number of amides is 1. The molecule has 0 bridgehead atoms. The van der Waals surface area contributed by atoms with E-state index in [1.54, 1.807) is 24.3 Å². The first-order valence-electron chi connectivity index (χ1n) is 9.33. The summed E-state index contributed by atoms with van der Waals surface area (Å²) in [5.41, 5.74) is 2.22. The molecule has 6 nitrogen and oxygen atoms in total. The molecule has 1 aliphatic heterocycles. The minimum Gasteiger partial charge on any atom is -0.507 e. The van der Waals surface area contributed by atoms with E-state index in [0.29, 0.717) is 29.1 Å². The van der Waals surface area contributed by atoms with E-state index in [1.807, 2.05) is 51.9 Å². The van der Waals surface area contributed by atoms with E-state index in [1.165, 1.54) is 0 Å². The molecule has 150 valence electrons. The van der Waals surface area contributed by atoms with Crippen LogP contribution in [-0.4, -0.2) is 41.2 Å². The molecule has 0 aromatic heterocycles. The number of aliphatic hydroxyl groups excluding tert-OH is 1. The molecule has 1 heterocycles. The van der Waals surface area contributed by atoms with Gasteiger partial charge in [0.25, 0.3) is 5.91 Å². The molecule has 0 spiro atoms. The van der Waals surface area contributed by atoms with Gasteiger partial charge in [0, 0.05) is 12.1 Å². The van der Waals surface area contributed by atoms with Crippen molar-refractivity contribution in [3.63, 3.8) is 0 Å². The number of nitrogens with zero attached hydrogens (tertiary/aromatic N) is 1. The van der Waals surface area contributed by atoms with Crippen molar-refractivity contribution in [1.29, 1.82) is 0 Å². The molecule has 2 aromatic carbocycles. The maximum Gasteiger partial charge on any atom is 0.268 e. The van der Waals surface area contributed by atoms with Crippen LogP contribution in [0.3, 0.4) is 0 Å². The summed E-state index contributed by atoms with van der Waals surface area (Å²) in [5.74, 6) is 0.344. The lowest BCUT2D eigenvalue weighted by Crippen LogP contribution is -2.41. The van der Waals surface area contributed by atoms with E-state index in [4.69, 9.17) is 4.74 Å². The fourth-order valence-corrected chi connectivity index (χ4v) is 3.37. The lowest BCUT2D eigenvalue weighted by atomic mass is 9.83. The molecule has 2 aromatic rings. The van der Waals surface area contributed by atoms with Crippen molar-refractivity contribution in [2.24, 2.45) is 0 Å². The molecule has 1 amide bonds. The standard InChI is InChI=1S/C22H28N2O4/c1-22(2,3)15-11-13(10-14(18(15)25)12-24(4)5)19(26)20-21(27)23-16-8-6-7-9-17(16)28-20/h6-11,19-20,25-26H,12H2,1-5H3,(H,23,27). The number of nitrogens with one attached hydrogen (secondary N) is 1. The number of aromatic hydroxyl groups is 1. The minimum atomic E-state index is -1.17. The molecule has 0 fully saturated rings. The number of para-hydroxylation sites is 2. The van der Waals surface area contributed by atoms with Crippen LogP contribution in [0.4, 0.5) is 5.69 Å². The van der Waals surface area contributed by atoms with Gasteiger partial charge in [0.15, 0.2) is 0 Å². The predicted octanol–water partition coefficient (Wildman–Crippen LogP) is 3.18. The number of benzene rings is 2. The molecule has 2 unspecified atom stereocenters. The Morgan fingerprint density at radius 3 is 2.54 bits per heavy atom. The molecule has 0 saturated carbocycles. The number of aliphatic hydroxyl groups is 1. The molecule has 3 rings (SSSR count). The molecular weight excluding hydrogens is 356 g/mol. The third-order valence-corrected chi connectivity index (χ3v) is 4.79. The number of phenols is 1. The van der Waals surface area contributed by atoms with Gasteiger partial charge in [-0.15, -0.1) is 0 Å². The summed E-state index contributed by atoms with van der Waals surface area (Å²) in [6, 6.07) is 10.6. The first-order valence-corrected chi connectivity index (χ1v) is 9.33. The normalized spacial score (nSPS) is 17.7. The van der Waals surface area contributed by atoms with Crippen molar-refractivity contribution in [3.05, 3.63) is 53.1 Å². The number of hydrogen-bond donors (Lipinski definition) is 3. The second-order valence-electron chi connectivity index (χ2n) is 8.53. The number of carbonyl (C=O) groups is 1. The van der Waals surface area contributed by atoms with Crippen LogP contribution in [-0.2, 0) is 16.8 Å². The third kappa shape index (κ3) is 3.98.